The Labute approximate surface area is 298 Å². The van der Waals surface area contributed by atoms with Crippen LogP contribution in [0.2, 0.25) is 0 Å². The van der Waals surface area contributed by atoms with Gasteiger partial charge in [-0.05, 0) is 113 Å². The van der Waals surface area contributed by atoms with Crippen LogP contribution in [0.25, 0.3) is 0 Å². The van der Waals surface area contributed by atoms with Crippen molar-refractivity contribution in [2.45, 2.75) is 147 Å². The first-order chi connectivity index (χ1) is 24.1. The lowest BCUT2D eigenvalue weighted by Gasteiger charge is -2.49. The first-order valence-corrected chi connectivity index (χ1v) is 19.1. The molecule has 0 radical (unpaired) electrons. The maximum atomic E-state index is 14.7. The molecule has 4 rings (SSSR count). The van der Waals surface area contributed by atoms with Crippen LogP contribution in [-0.4, -0.2) is 83.8 Å². The monoisotopic (exact) mass is 702 g/mol. The molecule has 11 nitrogen and oxygen atoms in total. The van der Waals surface area contributed by atoms with Crippen LogP contribution in [0.15, 0.2) is 18.2 Å². The summed E-state index contributed by atoms with van der Waals surface area (Å²) >= 11 is 0. The molecule has 0 spiro atoms. The Morgan fingerprint density at radius 1 is 1.02 bits per heavy atom. The average molecular weight is 703 g/mol. The lowest BCUT2D eigenvalue weighted by molar-refractivity contribution is -0.179. The highest BCUT2D eigenvalue weighted by Gasteiger charge is 2.54. The van der Waals surface area contributed by atoms with Gasteiger partial charge in [0.1, 0.15) is 17.7 Å². The number of aliphatic hydroxyl groups excluding tert-OH is 2. The molecule has 6 unspecified atom stereocenters. The van der Waals surface area contributed by atoms with Gasteiger partial charge in [0.05, 0.1) is 13.2 Å². The van der Waals surface area contributed by atoms with Crippen LogP contribution in [0.5, 0.6) is 11.5 Å². The van der Waals surface area contributed by atoms with Crippen molar-refractivity contribution in [1.82, 2.24) is 10.6 Å². The number of hydrogen-bond donors (Lipinski definition) is 5. The molecular formula is C39H62N2O9. The van der Waals surface area contributed by atoms with E-state index < -0.39 is 41.2 Å². The molecule has 1 amide bonds. The second-order valence-corrected chi connectivity index (χ2v) is 15.1. The molecule has 1 aliphatic carbocycles. The van der Waals surface area contributed by atoms with Crippen LogP contribution in [0.3, 0.4) is 0 Å². The first-order valence-electron chi connectivity index (χ1n) is 19.1. The quantitative estimate of drug-likeness (QED) is 0.123. The lowest BCUT2D eigenvalue weighted by atomic mass is 9.66. The Balaban J connectivity index is 1.75. The molecule has 0 bridgehead atoms. The van der Waals surface area contributed by atoms with Crippen LogP contribution in [0.1, 0.15) is 122 Å². The number of methoxy groups -OCH3 is 1. The molecule has 282 valence electrons. The van der Waals surface area contributed by atoms with Gasteiger partial charge in [-0.25, -0.2) is 4.79 Å². The van der Waals surface area contributed by atoms with Gasteiger partial charge in [-0.15, -0.1) is 0 Å². The maximum Gasteiger partial charge on any atom is 0.332 e. The predicted octanol–water partition coefficient (Wildman–Crippen LogP) is 5.11. The zero-order chi connectivity index (χ0) is 36.1. The van der Waals surface area contributed by atoms with Gasteiger partial charge in [-0.2, -0.15) is 0 Å². The highest BCUT2D eigenvalue weighted by Crippen LogP contribution is 2.46. The molecule has 2 heterocycles. The van der Waals surface area contributed by atoms with E-state index in [-0.39, 0.29) is 36.5 Å². The third kappa shape index (κ3) is 10.3. The van der Waals surface area contributed by atoms with E-state index in [1.807, 2.05) is 12.1 Å². The van der Waals surface area contributed by atoms with Crippen LogP contribution in [0.4, 0.5) is 0 Å². The van der Waals surface area contributed by atoms with E-state index in [4.69, 9.17) is 14.2 Å². The van der Waals surface area contributed by atoms with Crippen molar-refractivity contribution >= 4 is 17.8 Å². The number of piperidine rings is 2. The number of ether oxygens (including phenoxy) is 3. The molecule has 6 atom stereocenters. The summed E-state index contributed by atoms with van der Waals surface area (Å²) in [6.45, 7) is 4.97. The molecule has 2 aliphatic heterocycles. The lowest BCUT2D eigenvalue weighted by Crippen LogP contribution is -2.65. The number of phenols is 1. The summed E-state index contributed by atoms with van der Waals surface area (Å²) in [4.78, 5) is 40.3. The molecule has 2 saturated heterocycles. The third-order valence-corrected chi connectivity index (χ3v) is 11.6. The molecule has 50 heavy (non-hydrogen) atoms. The van der Waals surface area contributed by atoms with Gasteiger partial charge >= 0.3 is 11.9 Å². The predicted molar refractivity (Wildman–Crippen MR) is 190 cm³/mol. The van der Waals surface area contributed by atoms with Crippen LogP contribution >= 0.6 is 0 Å². The molecular weight excluding hydrogens is 640 g/mol. The van der Waals surface area contributed by atoms with Gasteiger partial charge in [0, 0.05) is 31.8 Å². The van der Waals surface area contributed by atoms with Crippen molar-refractivity contribution in [3.8, 4) is 11.5 Å². The molecule has 3 fully saturated rings. The standard InChI is InChI=1S/C39H62N2O9/c1-4-5-9-29(13-15-31(44)11-8-23-42)33(49-27(2)43)25-35(50-37(47)39-18-7-6-10-30(39)14-17-36(46)41-39)38(19-21-40-22-20-38)26-28-12-16-32(45)34(24-28)48-3/h12,16,24,29-31,33,35,40,42,44-45H,4-11,13-15,17-23,25-26H2,1-3H3,(H,41,46). The Morgan fingerprint density at radius 3 is 2.50 bits per heavy atom. The summed E-state index contributed by atoms with van der Waals surface area (Å²) in [6, 6.07) is 5.33. The number of aromatic hydroxyl groups is 1. The topological polar surface area (TPSA) is 164 Å². The average Bonchev–Trinajstić information content (AvgIpc) is 3.11. The van der Waals surface area contributed by atoms with Crippen molar-refractivity contribution in [2.24, 2.45) is 17.3 Å². The molecule has 3 aliphatic rings. The fourth-order valence-corrected chi connectivity index (χ4v) is 8.79. The second kappa shape index (κ2) is 19.1. The summed E-state index contributed by atoms with van der Waals surface area (Å²) in [5.74, 6) is -0.583. The van der Waals surface area contributed by atoms with Crippen molar-refractivity contribution in [1.29, 1.82) is 0 Å². The number of nitrogens with one attached hydrogen (secondary N) is 2. The number of carbonyl (C=O) groups is 3. The van der Waals surface area contributed by atoms with Gasteiger partial charge in [0.25, 0.3) is 0 Å². The second-order valence-electron chi connectivity index (χ2n) is 15.1. The van der Waals surface area contributed by atoms with Gasteiger partial charge in [0.2, 0.25) is 5.91 Å². The number of unbranched alkanes of at least 4 members (excludes halogenated alkanes) is 1. The van der Waals surface area contributed by atoms with E-state index in [0.717, 1.165) is 44.1 Å². The molecule has 11 heteroatoms. The first kappa shape index (κ1) is 39.9. The maximum absolute atomic E-state index is 14.7. The summed E-state index contributed by atoms with van der Waals surface area (Å²) in [6.07, 6.45) is 9.52. The molecule has 1 saturated carbocycles. The molecule has 1 aromatic carbocycles. The fraction of sp³-hybridized carbons (Fsp3) is 0.769. The highest BCUT2D eigenvalue weighted by molar-refractivity contribution is 5.90. The minimum absolute atomic E-state index is 0.00871. The Hall–Kier alpha value is -2.89. The molecule has 0 aromatic heterocycles. The number of hydrogen-bond acceptors (Lipinski definition) is 10. The largest absolute Gasteiger partial charge is 0.504 e. The van der Waals surface area contributed by atoms with Crippen molar-refractivity contribution in [3.63, 3.8) is 0 Å². The van der Waals surface area contributed by atoms with Crippen molar-refractivity contribution in [2.75, 3.05) is 26.8 Å². The van der Waals surface area contributed by atoms with Crippen LogP contribution < -0.4 is 15.4 Å². The molecule has 1 aromatic rings. The van der Waals surface area contributed by atoms with Gasteiger partial charge in [-0.3, -0.25) is 9.59 Å². The van der Waals surface area contributed by atoms with E-state index in [1.54, 1.807) is 6.07 Å². The third-order valence-electron chi connectivity index (χ3n) is 11.6. The molecule has 5 N–H and O–H groups in total. The van der Waals surface area contributed by atoms with Gasteiger partial charge in [-0.1, -0.05) is 38.7 Å². The fourth-order valence-electron chi connectivity index (χ4n) is 8.79. The highest BCUT2D eigenvalue weighted by atomic mass is 16.6. The number of esters is 2. The number of carbonyl (C=O) groups excluding carboxylic acids is 3. The summed E-state index contributed by atoms with van der Waals surface area (Å²) in [5, 5.41) is 36.9. The van der Waals surface area contributed by atoms with E-state index in [0.29, 0.717) is 83.0 Å². The summed E-state index contributed by atoms with van der Waals surface area (Å²) in [5.41, 5.74) is -0.686. The smallest absolute Gasteiger partial charge is 0.332 e. The number of phenolic OH excluding ortho intramolecular Hbond substituents is 1. The number of aliphatic hydroxyl groups is 2. The summed E-state index contributed by atoms with van der Waals surface area (Å²) in [7, 11) is 1.52. The summed E-state index contributed by atoms with van der Waals surface area (Å²) < 4.78 is 18.4. The number of amides is 1. The van der Waals surface area contributed by atoms with Crippen LogP contribution in [-0.2, 0) is 30.3 Å². The SMILES string of the molecule is CCCCC(CCC(O)CCCO)C(CC(OC(=O)C12CCCCC1CCC(=O)N2)C1(Cc2ccc(O)c(OC)c2)CCNCC1)OC(C)=O. The number of fused-ring (bicyclic) bond motifs is 1. The van der Waals surface area contributed by atoms with Gasteiger partial charge < -0.3 is 40.2 Å². The van der Waals surface area contributed by atoms with E-state index >= 15 is 0 Å². The Bertz CT molecular complexity index is 1250. The van der Waals surface area contributed by atoms with E-state index in [2.05, 4.69) is 17.6 Å². The number of benzene rings is 1. The zero-order valence-electron chi connectivity index (χ0n) is 30.6. The zero-order valence-corrected chi connectivity index (χ0v) is 30.6. The van der Waals surface area contributed by atoms with Crippen LogP contribution in [0, 0.1) is 17.3 Å². The minimum atomic E-state index is -1.07. The normalized spacial score (nSPS) is 24.2. The number of rotatable bonds is 19. The Morgan fingerprint density at radius 2 is 1.80 bits per heavy atom. The Kier molecular flexibility index (Phi) is 15.2. The van der Waals surface area contributed by atoms with Crippen molar-refractivity contribution in [3.05, 3.63) is 23.8 Å². The van der Waals surface area contributed by atoms with Crippen molar-refractivity contribution < 1.29 is 43.9 Å². The minimum Gasteiger partial charge on any atom is -0.504 e. The van der Waals surface area contributed by atoms with E-state index in [1.165, 1.54) is 14.0 Å². The van der Waals surface area contributed by atoms with E-state index in [9.17, 15) is 29.7 Å². The van der Waals surface area contributed by atoms with Gasteiger partial charge in [0.15, 0.2) is 11.5 Å².